The SMILES string of the molecule is CCOC(=O)C(Cc1ccc(NC(=O)c2c(Cl)cncc2Cl)cc1)Nc1cc(C(S)CC)c(Cl)cn1. The van der Waals surface area contributed by atoms with Crippen molar-refractivity contribution < 1.29 is 14.3 Å². The Hall–Kier alpha value is -2.52. The molecule has 2 N–H and O–H groups in total. The molecule has 3 rings (SSSR count). The van der Waals surface area contributed by atoms with Crippen molar-refractivity contribution in [3.05, 3.63) is 80.7 Å². The number of anilines is 2. The number of aromatic nitrogens is 2. The van der Waals surface area contributed by atoms with E-state index in [-0.39, 0.29) is 27.5 Å². The molecule has 0 aliphatic rings. The molecule has 2 atom stereocenters. The van der Waals surface area contributed by atoms with Crippen molar-refractivity contribution in [3.63, 3.8) is 0 Å². The lowest BCUT2D eigenvalue weighted by atomic mass is 10.0. The number of hydrogen-bond donors (Lipinski definition) is 3. The maximum Gasteiger partial charge on any atom is 0.328 e. The molecule has 3 aromatic rings. The summed E-state index contributed by atoms with van der Waals surface area (Å²) in [4.78, 5) is 33.5. The second-order valence-corrected chi connectivity index (χ2v) is 9.64. The Morgan fingerprint density at radius 3 is 2.31 bits per heavy atom. The van der Waals surface area contributed by atoms with Gasteiger partial charge in [0.1, 0.15) is 11.9 Å². The van der Waals surface area contributed by atoms with Crippen LogP contribution in [0, 0.1) is 0 Å². The maximum atomic E-state index is 12.7. The number of amides is 1. The number of ether oxygens (including phenoxy) is 1. The molecule has 11 heteroatoms. The fraction of sp³-hybridized carbons (Fsp3) is 0.280. The molecule has 2 aromatic heterocycles. The van der Waals surface area contributed by atoms with E-state index in [1.807, 2.05) is 6.92 Å². The van der Waals surface area contributed by atoms with Crippen molar-refractivity contribution in [1.82, 2.24) is 9.97 Å². The fourth-order valence-electron chi connectivity index (χ4n) is 3.40. The lowest BCUT2D eigenvalue weighted by Crippen LogP contribution is -2.34. The summed E-state index contributed by atoms with van der Waals surface area (Å²) in [5, 5.41) is 6.69. The van der Waals surface area contributed by atoms with Crippen molar-refractivity contribution in [2.24, 2.45) is 0 Å². The Morgan fingerprint density at radius 2 is 1.69 bits per heavy atom. The van der Waals surface area contributed by atoms with Crippen LogP contribution in [0.2, 0.25) is 15.1 Å². The van der Waals surface area contributed by atoms with Crippen LogP contribution in [-0.4, -0.2) is 34.5 Å². The molecule has 0 saturated heterocycles. The van der Waals surface area contributed by atoms with Crippen molar-refractivity contribution in [2.75, 3.05) is 17.2 Å². The molecule has 0 fully saturated rings. The van der Waals surface area contributed by atoms with Gasteiger partial charge in [-0.15, -0.1) is 0 Å². The van der Waals surface area contributed by atoms with Gasteiger partial charge in [-0.2, -0.15) is 12.6 Å². The van der Waals surface area contributed by atoms with Gasteiger partial charge in [0, 0.05) is 35.9 Å². The summed E-state index contributed by atoms with van der Waals surface area (Å²) < 4.78 is 5.26. The van der Waals surface area contributed by atoms with Crippen LogP contribution in [-0.2, 0) is 16.0 Å². The van der Waals surface area contributed by atoms with Gasteiger partial charge in [-0.1, -0.05) is 53.9 Å². The van der Waals surface area contributed by atoms with E-state index in [2.05, 4.69) is 33.2 Å². The minimum Gasteiger partial charge on any atom is -0.464 e. The van der Waals surface area contributed by atoms with Crippen molar-refractivity contribution in [1.29, 1.82) is 0 Å². The molecule has 1 amide bonds. The van der Waals surface area contributed by atoms with Gasteiger partial charge in [-0.3, -0.25) is 9.78 Å². The van der Waals surface area contributed by atoms with Crippen LogP contribution in [0.15, 0.2) is 48.9 Å². The molecule has 0 radical (unpaired) electrons. The van der Waals surface area contributed by atoms with Crippen LogP contribution in [0.3, 0.4) is 0 Å². The Bertz CT molecular complexity index is 1210. The summed E-state index contributed by atoms with van der Waals surface area (Å²) in [5.74, 6) is -0.367. The maximum absolute atomic E-state index is 12.7. The largest absolute Gasteiger partial charge is 0.464 e. The summed E-state index contributed by atoms with van der Waals surface area (Å²) in [6.45, 7) is 4.00. The van der Waals surface area contributed by atoms with E-state index in [4.69, 9.17) is 39.5 Å². The quantitative estimate of drug-likeness (QED) is 0.187. The number of nitrogens with zero attached hydrogens (tertiary/aromatic N) is 2. The zero-order valence-corrected chi connectivity index (χ0v) is 22.8. The Morgan fingerprint density at radius 1 is 1.03 bits per heavy atom. The molecule has 36 heavy (non-hydrogen) atoms. The number of rotatable bonds is 10. The third-order valence-corrected chi connectivity index (χ3v) is 6.79. The molecule has 0 aliphatic carbocycles. The zero-order valence-electron chi connectivity index (χ0n) is 19.6. The van der Waals surface area contributed by atoms with Crippen LogP contribution in [0.25, 0.3) is 0 Å². The van der Waals surface area contributed by atoms with Gasteiger partial charge in [-0.05, 0) is 42.7 Å². The van der Waals surface area contributed by atoms with E-state index in [1.165, 1.54) is 12.4 Å². The highest BCUT2D eigenvalue weighted by Gasteiger charge is 2.22. The van der Waals surface area contributed by atoms with Crippen LogP contribution in [0.4, 0.5) is 11.5 Å². The first-order chi connectivity index (χ1) is 17.2. The lowest BCUT2D eigenvalue weighted by molar-refractivity contribution is -0.144. The molecule has 0 aliphatic heterocycles. The van der Waals surface area contributed by atoms with Gasteiger partial charge < -0.3 is 15.4 Å². The normalized spacial score (nSPS) is 12.5. The van der Waals surface area contributed by atoms with Crippen LogP contribution in [0.1, 0.15) is 47.0 Å². The summed E-state index contributed by atoms with van der Waals surface area (Å²) in [7, 11) is 0. The Kier molecular flexibility index (Phi) is 10.2. The average Bonchev–Trinajstić information content (AvgIpc) is 2.85. The summed E-state index contributed by atoms with van der Waals surface area (Å²) in [6, 6.07) is 8.17. The average molecular weight is 568 g/mol. The lowest BCUT2D eigenvalue weighted by Gasteiger charge is -2.19. The molecule has 2 unspecified atom stereocenters. The minimum absolute atomic E-state index is 0.0539. The zero-order chi connectivity index (χ0) is 26.2. The molecule has 0 spiro atoms. The van der Waals surface area contributed by atoms with Gasteiger partial charge in [0.2, 0.25) is 0 Å². The summed E-state index contributed by atoms with van der Waals surface area (Å²) in [5.41, 5.74) is 2.35. The highest BCUT2D eigenvalue weighted by molar-refractivity contribution is 7.80. The molecular formula is C25H25Cl3N4O3S. The van der Waals surface area contributed by atoms with E-state index in [0.29, 0.717) is 22.9 Å². The number of nitrogens with one attached hydrogen (secondary N) is 2. The molecular weight excluding hydrogens is 543 g/mol. The van der Waals surface area contributed by atoms with Crippen molar-refractivity contribution >= 4 is 70.8 Å². The minimum atomic E-state index is -0.693. The molecule has 7 nitrogen and oxygen atoms in total. The molecule has 0 bridgehead atoms. The monoisotopic (exact) mass is 566 g/mol. The summed E-state index contributed by atoms with van der Waals surface area (Å²) >= 11 is 23.0. The number of carbonyl (C=O) groups excluding carboxylic acids is 2. The number of carbonyl (C=O) groups is 2. The van der Waals surface area contributed by atoms with Crippen LogP contribution >= 0.6 is 47.4 Å². The van der Waals surface area contributed by atoms with E-state index >= 15 is 0 Å². The van der Waals surface area contributed by atoms with Crippen LogP contribution < -0.4 is 10.6 Å². The number of hydrogen-bond acceptors (Lipinski definition) is 7. The van der Waals surface area contributed by atoms with Gasteiger partial charge >= 0.3 is 5.97 Å². The van der Waals surface area contributed by atoms with E-state index in [0.717, 1.165) is 17.5 Å². The predicted molar refractivity (Wildman–Crippen MR) is 148 cm³/mol. The molecule has 2 heterocycles. The first-order valence-corrected chi connectivity index (χ1v) is 12.8. The van der Waals surface area contributed by atoms with Crippen molar-refractivity contribution in [3.8, 4) is 0 Å². The highest BCUT2D eigenvalue weighted by Crippen LogP contribution is 2.31. The number of thiol groups is 1. The van der Waals surface area contributed by atoms with Gasteiger partial charge in [-0.25, -0.2) is 9.78 Å². The van der Waals surface area contributed by atoms with Crippen LogP contribution in [0.5, 0.6) is 0 Å². The number of halogens is 3. The summed E-state index contributed by atoms with van der Waals surface area (Å²) in [6.07, 6.45) is 5.36. The Labute approximate surface area is 230 Å². The first kappa shape index (κ1) is 28.1. The predicted octanol–water partition coefficient (Wildman–Crippen LogP) is 6.66. The highest BCUT2D eigenvalue weighted by atomic mass is 35.5. The third kappa shape index (κ3) is 7.26. The standard InChI is InChI=1S/C25H25Cl3N4O3S/c1-3-21(36)16-10-22(30-13-17(16)26)32-20(25(34)35-4-2)9-14-5-7-15(8-6-14)31-24(33)23-18(27)11-29-12-19(23)28/h5-8,10-13,20-21,36H,3-4,9H2,1-2H3,(H,30,32)(H,31,33). The number of esters is 1. The third-order valence-electron chi connectivity index (χ3n) is 5.26. The van der Waals surface area contributed by atoms with E-state index in [1.54, 1.807) is 43.5 Å². The molecule has 0 saturated carbocycles. The molecule has 1 aromatic carbocycles. The Balaban J connectivity index is 1.75. The number of benzene rings is 1. The molecule has 190 valence electrons. The van der Waals surface area contributed by atoms with E-state index < -0.39 is 17.9 Å². The smallest absolute Gasteiger partial charge is 0.328 e. The van der Waals surface area contributed by atoms with Gasteiger partial charge in [0.25, 0.3) is 5.91 Å². The first-order valence-electron chi connectivity index (χ1n) is 11.2. The van der Waals surface area contributed by atoms with E-state index in [9.17, 15) is 9.59 Å². The number of pyridine rings is 2. The van der Waals surface area contributed by atoms with Gasteiger partial charge in [0.05, 0.1) is 27.2 Å². The topological polar surface area (TPSA) is 93.2 Å². The second kappa shape index (κ2) is 13.1. The van der Waals surface area contributed by atoms with Crippen molar-refractivity contribution in [2.45, 2.75) is 38.0 Å². The van der Waals surface area contributed by atoms with Gasteiger partial charge in [0.15, 0.2) is 0 Å². The second-order valence-electron chi connectivity index (χ2n) is 7.80. The fourth-order valence-corrected chi connectivity index (χ4v) is 4.47.